The van der Waals surface area contributed by atoms with E-state index in [1.54, 1.807) is 4.90 Å². The minimum Gasteiger partial charge on any atom is -0.492 e. The molecule has 3 aromatic rings. The molecule has 1 unspecified atom stereocenters. The van der Waals surface area contributed by atoms with Crippen molar-refractivity contribution in [3.05, 3.63) is 83.6 Å². The van der Waals surface area contributed by atoms with Gasteiger partial charge in [0.15, 0.2) is 0 Å². The van der Waals surface area contributed by atoms with E-state index >= 15 is 0 Å². The van der Waals surface area contributed by atoms with Crippen LogP contribution in [0.2, 0.25) is 0 Å². The molecular weight excluding hydrogens is 440 g/mol. The van der Waals surface area contributed by atoms with Crippen LogP contribution in [0.1, 0.15) is 30.0 Å². The van der Waals surface area contributed by atoms with E-state index in [2.05, 4.69) is 39.5 Å². The molecule has 0 spiro atoms. The average Bonchev–Trinajstić information content (AvgIpc) is 3.29. The lowest BCUT2D eigenvalue weighted by Crippen LogP contribution is -2.33. The molecule has 180 valence electrons. The van der Waals surface area contributed by atoms with Crippen molar-refractivity contribution in [3.63, 3.8) is 0 Å². The van der Waals surface area contributed by atoms with Crippen molar-refractivity contribution >= 4 is 23.3 Å². The number of rotatable bonds is 7. The van der Waals surface area contributed by atoms with E-state index in [-0.39, 0.29) is 18.2 Å². The van der Waals surface area contributed by atoms with Crippen molar-refractivity contribution in [2.45, 2.75) is 32.9 Å². The fourth-order valence-electron chi connectivity index (χ4n) is 4.81. The zero-order valence-corrected chi connectivity index (χ0v) is 19.9. The van der Waals surface area contributed by atoms with Crippen LogP contribution < -0.4 is 19.9 Å². The zero-order valence-electron chi connectivity index (χ0n) is 19.9. The lowest BCUT2D eigenvalue weighted by atomic mass is 10.00. The molecule has 35 heavy (non-hydrogen) atoms. The van der Waals surface area contributed by atoms with Gasteiger partial charge in [0.2, 0.25) is 11.8 Å². The van der Waals surface area contributed by atoms with Gasteiger partial charge in [0.25, 0.3) is 0 Å². The normalized spacial score (nSPS) is 17.3. The molecule has 7 heteroatoms. The average molecular weight is 471 g/mol. The van der Waals surface area contributed by atoms with Crippen molar-refractivity contribution in [2.75, 3.05) is 29.5 Å². The number of carbonyl (C=O) groups is 2. The van der Waals surface area contributed by atoms with Gasteiger partial charge in [0, 0.05) is 38.8 Å². The number of fused-ring (bicyclic) bond motifs is 1. The quantitative estimate of drug-likeness (QED) is 0.570. The highest BCUT2D eigenvalue weighted by molar-refractivity contribution is 6.01. The van der Waals surface area contributed by atoms with Crippen molar-refractivity contribution in [2.24, 2.45) is 5.92 Å². The number of ether oxygens (including phenoxy) is 1. The smallest absolute Gasteiger partial charge is 0.227 e. The number of hydrogen-bond acceptors (Lipinski definition) is 5. The fourth-order valence-corrected chi connectivity index (χ4v) is 4.81. The van der Waals surface area contributed by atoms with Crippen LogP contribution in [0.3, 0.4) is 0 Å². The number of benzene rings is 2. The van der Waals surface area contributed by atoms with Gasteiger partial charge < -0.3 is 19.9 Å². The first kappa shape index (κ1) is 22.9. The van der Waals surface area contributed by atoms with Crippen molar-refractivity contribution in [3.8, 4) is 5.75 Å². The number of anilines is 2. The first-order valence-corrected chi connectivity index (χ1v) is 12.2. The van der Waals surface area contributed by atoms with Crippen molar-refractivity contribution < 1.29 is 14.3 Å². The monoisotopic (exact) mass is 470 g/mol. The molecule has 2 aliphatic heterocycles. The van der Waals surface area contributed by atoms with Gasteiger partial charge in [-0.15, -0.1) is 0 Å². The lowest BCUT2D eigenvalue weighted by Gasteiger charge is -2.29. The van der Waals surface area contributed by atoms with E-state index in [0.29, 0.717) is 25.4 Å². The minimum atomic E-state index is -0.391. The number of nitrogens with one attached hydrogen (secondary N) is 1. The summed E-state index contributed by atoms with van der Waals surface area (Å²) in [5, 5.41) is 2.98. The Kier molecular flexibility index (Phi) is 6.66. The maximum atomic E-state index is 12.8. The molecule has 1 N–H and O–H groups in total. The summed E-state index contributed by atoms with van der Waals surface area (Å²) >= 11 is 0. The van der Waals surface area contributed by atoms with Gasteiger partial charge in [0.05, 0.1) is 18.2 Å². The predicted octanol–water partition coefficient (Wildman–Crippen LogP) is 3.71. The maximum Gasteiger partial charge on any atom is 0.227 e. The Hall–Kier alpha value is -3.87. The molecule has 0 aliphatic carbocycles. The molecule has 0 bridgehead atoms. The van der Waals surface area contributed by atoms with Crippen LogP contribution in [-0.4, -0.2) is 36.5 Å². The molecule has 1 fully saturated rings. The van der Waals surface area contributed by atoms with Gasteiger partial charge in [-0.3, -0.25) is 9.59 Å². The number of amides is 2. The molecule has 2 aliphatic rings. The third kappa shape index (κ3) is 4.99. The molecule has 3 heterocycles. The largest absolute Gasteiger partial charge is 0.492 e. The van der Waals surface area contributed by atoms with Crippen LogP contribution in [0.25, 0.3) is 0 Å². The molecule has 1 saturated heterocycles. The number of pyridine rings is 1. The summed E-state index contributed by atoms with van der Waals surface area (Å²) in [4.78, 5) is 34.1. The molecular formula is C28H30N4O3. The van der Waals surface area contributed by atoms with Gasteiger partial charge >= 0.3 is 0 Å². The van der Waals surface area contributed by atoms with Gasteiger partial charge in [0.1, 0.15) is 11.6 Å². The third-order valence-corrected chi connectivity index (χ3v) is 6.68. The van der Waals surface area contributed by atoms with Gasteiger partial charge in [-0.05, 0) is 48.2 Å². The molecule has 2 aromatic carbocycles. The zero-order chi connectivity index (χ0) is 24.2. The van der Waals surface area contributed by atoms with Crippen LogP contribution in [0.5, 0.6) is 5.75 Å². The summed E-state index contributed by atoms with van der Waals surface area (Å²) in [7, 11) is 0. The number of nitrogens with zero attached hydrogens (tertiary/aromatic N) is 3. The van der Waals surface area contributed by atoms with E-state index in [9.17, 15) is 9.59 Å². The lowest BCUT2D eigenvalue weighted by molar-refractivity contribution is -0.126. The van der Waals surface area contributed by atoms with Crippen LogP contribution >= 0.6 is 0 Å². The maximum absolute atomic E-state index is 12.8. The Balaban J connectivity index is 1.16. The minimum absolute atomic E-state index is 0.0635. The Morgan fingerprint density at radius 2 is 1.89 bits per heavy atom. The Bertz CT molecular complexity index is 1210. The number of hydrogen-bond donors (Lipinski definition) is 1. The second-order valence-corrected chi connectivity index (χ2v) is 8.99. The highest BCUT2D eigenvalue weighted by Crippen LogP contribution is 2.33. The molecule has 7 nitrogen and oxygen atoms in total. The number of para-hydroxylation sites is 2. The second kappa shape index (κ2) is 10.2. The fraction of sp³-hybridized carbons (Fsp3) is 0.321. The van der Waals surface area contributed by atoms with Crippen molar-refractivity contribution in [1.82, 2.24) is 10.3 Å². The van der Waals surface area contributed by atoms with Crippen LogP contribution in [0.4, 0.5) is 11.5 Å². The Morgan fingerprint density at radius 1 is 1.09 bits per heavy atom. The molecule has 1 aromatic heterocycles. The topological polar surface area (TPSA) is 74.8 Å². The summed E-state index contributed by atoms with van der Waals surface area (Å²) in [6, 6.07) is 20.0. The van der Waals surface area contributed by atoms with Crippen molar-refractivity contribution in [1.29, 1.82) is 0 Å². The Morgan fingerprint density at radius 3 is 2.69 bits per heavy atom. The summed E-state index contributed by atoms with van der Waals surface area (Å²) in [5.74, 6) is 1.03. The highest BCUT2D eigenvalue weighted by atomic mass is 16.5. The van der Waals surface area contributed by atoms with Gasteiger partial charge in [-0.2, -0.15) is 0 Å². The molecule has 1 atom stereocenters. The van der Waals surface area contributed by atoms with E-state index in [1.165, 1.54) is 11.1 Å². The SMILES string of the molecule is CCOc1ccccc1N1CC(C(=O)NCc2ccc(N3CCc4ccccc4C3)nc2)CC1=O. The standard InChI is InChI=1S/C28H30N4O3/c1-2-35-25-10-6-5-9-24(25)32-19-23(15-27(32)33)28(34)30-17-20-11-12-26(29-16-20)31-14-13-21-7-3-4-8-22(21)18-31/h3-12,16,23H,2,13-15,17-19H2,1H3,(H,30,34). The second-order valence-electron chi connectivity index (χ2n) is 8.99. The van der Waals surface area contributed by atoms with E-state index in [1.807, 2.05) is 49.5 Å². The number of carbonyl (C=O) groups excluding carboxylic acids is 2. The first-order chi connectivity index (χ1) is 17.1. The van der Waals surface area contributed by atoms with E-state index in [4.69, 9.17) is 4.74 Å². The van der Waals surface area contributed by atoms with Crippen LogP contribution in [0, 0.1) is 5.92 Å². The molecule has 2 amide bonds. The summed E-state index contributed by atoms with van der Waals surface area (Å²) < 4.78 is 5.66. The van der Waals surface area contributed by atoms with Crippen LogP contribution in [0.15, 0.2) is 66.9 Å². The highest BCUT2D eigenvalue weighted by Gasteiger charge is 2.36. The van der Waals surface area contributed by atoms with Gasteiger partial charge in [-0.25, -0.2) is 4.98 Å². The summed E-state index contributed by atoms with van der Waals surface area (Å²) in [6.07, 6.45) is 3.03. The molecule has 0 saturated carbocycles. The van der Waals surface area contributed by atoms with Gasteiger partial charge in [-0.1, -0.05) is 42.5 Å². The Labute approximate surface area is 205 Å². The van der Waals surface area contributed by atoms with E-state index in [0.717, 1.165) is 36.6 Å². The van der Waals surface area contributed by atoms with Crippen LogP contribution in [-0.2, 0) is 29.1 Å². The first-order valence-electron chi connectivity index (χ1n) is 12.2. The summed E-state index contributed by atoms with van der Waals surface area (Å²) in [6.45, 7) is 4.96. The molecule has 0 radical (unpaired) electrons. The number of aromatic nitrogens is 1. The third-order valence-electron chi connectivity index (χ3n) is 6.68. The predicted molar refractivity (Wildman–Crippen MR) is 135 cm³/mol. The molecule has 5 rings (SSSR count). The summed E-state index contributed by atoms with van der Waals surface area (Å²) in [5.41, 5.74) is 4.41. The van der Waals surface area contributed by atoms with E-state index < -0.39 is 5.92 Å².